The van der Waals surface area contributed by atoms with E-state index < -0.39 is 0 Å². The van der Waals surface area contributed by atoms with Gasteiger partial charge in [-0.3, -0.25) is 9.69 Å². The molecule has 0 heterocycles. The second-order valence-corrected chi connectivity index (χ2v) is 7.26. The largest absolute Gasteiger partial charge is 0.495 e. The van der Waals surface area contributed by atoms with Crippen LogP contribution >= 0.6 is 24.0 Å². The van der Waals surface area contributed by atoms with Gasteiger partial charge >= 0.3 is 0 Å². The highest BCUT2D eigenvalue weighted by atomic mass is 127. The molecule has 0 fully saturated rings. The van der Waals surface area contributed by atoms with Gasteiger partial charge in [-0.15, -0.1) is 24.0 Å². The second-order valence-electron chi connectivity index (χ2n) is 7.26. The van der Waals surface area contributed by atoms with E-state index in [1.54, 1.807) is 7.11 Å². The van der Waals surface area contributed by atoms with Crippen molar-refractivity contribution in [1.82, 2.24) is 15.5 Å². The Hall–Kier alpha value is -1.55. The summed E-state index contributed by atoms with van der Waals surface area (Å²) in [6.07, 6.45) is 0. The predicted octanol–water partition coefficient (Wildman–Crippen LogP) is 3.45. The molecule has 0 aromatic heterocycles. The normalized spacial score (nSPS) is 11.4. The topological polar surface area (TPSA) is 78.0 Å². The average molecular weight is 519 g/mol. The molecule has 0 radical (unpaired) electrons. The number of halogens is 1. The van der Waals surface area contributed by atoms with Crippen LogP contribution in [0.3, 0.4) is 0 Å². The Balaban J connectivity index is 0.00000784. The highest BCUT2D eigenvalue weighted by molar-refractivity contribution is 14.0. The summed E-state index contributed by atoms with van der Waals surface area (Å²) in [6, 6.07) is 6.71. The number of methoxy groups -OCH3 is 1. The van der Waals surface area contributed by atoms with Crippen LogP contribution in [0, 0.1) is 0 Å². The van der Waals surface area contributed by atoms with E-state index >= 15 is 0 Å². The van der Waals surface area contributed by atoms with E-state index in [1.165, 1.54) is 6.92 Å². The summed E-state index contributed by atoms with van der Waals surface area (Å²) >= 11 is 0. The van der Waals surface area contributed by atoms with Crippen LogP contribution in [-0.4, -0.2) is 55.6 Å². The Bertz CT molecular complexity index is 642. The van der Waals surface area contributed by atoms with Crippen LogP contribution in [0.1, 0.15) is 47.1 Å². The summed E-state index contributed by atoms with van der Waals surface area (Å²) in [4.78, 5) is 18.5. The summed E-state index contributed by atoms with van der Waals surface area (Å²) in [5, 5.41) is 9.48. The molecule has 166 valence electrons. The first-order valence-corrected chi connectivity index (χ1v) is 10.0. The fraction of sp³-hybridized carbons (Fsp3) is 0.619. The molecular weight excluding hydrogens is 481 g/mol. The van der Waals surface area contributed by atoms with Crippen molar-refractivity contribution in [2.45, 2.75) is 60.2 Å². The minimum atomic E-state index is -0.131. The lowest BCUT2D eigenvalue weighted by atomic mass is 10.2. The van der Waals surface area contributed by atoms with Crippen LogP contribution in [0.2, 0.25) is 0 Å². The maximum Gasteiger partial charge on any atom is 0.221 e. The number of anilines is 1. The number of ether oxygens (including phenoxy) is 1. The van der Waals surface area contributed by atoms with Gasteiger partial charge in [-0.05, 0) is 52.3 Å². The zero-order valence-electron chi connectivity index (χ0n) is 18.8. The molecule has 1 aromatic carbocycles. The lowest BCUT2D eigenvalue weighted by Crippen LogP contribution is -2.45. The van der Waals surface area contributed by atoms with Crippen molar-refractivity contribution < 1.29 is 9.53 Å². The van der Waals surface area contributed by atoms with E-state index in [-0.39, 0.29) is 29.9 Å². The standard InChI is InChI=1S/C21H37N5O2.HI/c1-8-22-21(23-11-12-26(15(2)3)16(4)5)24-14-18-9-10-20(28-7)19(13-18)25-17(6)27;/h9-10,13,15-16H,8,11-12,14H2,1-7H3,(H,25,27)(H2,22,23,24);1H. The van der Waals surface area contributed by atoms with Gasteiger partial charge in [0, 0.05) is 38.6 Å². The molecule has 0 aliphatic rings. The van der Waals surface area contributed by atoms with E-state index in [4.69, 9.17) is 4.74 Å². The van der Waals surface area contributed by atoms with E-state index in [0.717, 1.165) is 31.2 Å². The lowest BCUT2D eigenvalue weighted by molar-refractivity contribution is -0.114. The van der Waals surface area contributed by atoms with Crippen molar-refractivity contribution in [2.75, 3.05) is 32.1 Å². The summed E-state index contributed by atoms with van der Waals surface area (Å²) in [6.45, 7) is 15.5. The SMILES string of the molecule is CCNC(=NCc1ccc(OC)c(NC(C)=O)c1)NCCN(C(C)C)C(C)C.I. The van der Waals surface area contributed by atoms with Gasteiger partial charge in [0.1, 0.15) is 5.75 Å². The third kappa shape index (κ3) is 10.2. The Morgan fingerprint density at radius 1 is 1.17 bits per heavy atom. The molecule has 0 aliphatic heterocycles. The van der Waals surface area contributed by atoms with Crippen LogP contribution in [0.15, 0.2) is 23.2 Å². The monoisotopic (exact) mass is 519 g/mol. The van der Waals surface area contributed by atoms with Gasteiger partial charge in [0.25, 0.3) is 0 Å². The zero-order valence-corrected chi connectivity index (χ0v) is 21.2. The molecule has 1 amide bonds. The molecular formula is C21H38IN5O2. The van der Waals surface area contributed by atoms with E-state index in [9.17, 15) is 4.79 Å². The Morgan fingerprint density at radius 3 is 2.34 bits per heavy atom. The van der Waals surface area contributed by atoms with Crippen LogP contribution in [0.5, 0.6) is 5.75 Å². The molecule has 29 heavy (non-hydrogen) atoms. The van der Waals surface area contributed by atoms with Crippen molar-refractivity contribution in [3.8, 4) is 5.75 Å². The molecule has 0 saturated heterocycles. The van der Waals surface area contributed by atoms with Gasteiger partial charge in [-0.1, -0.05) is 6.07 Å². The molecule has 7 nitrogen and oxygen atoms in total. The first kappa shape index (κ1) is 27.5. The number of aliphatic imine (C=N–C) groups is 1. The van der Waals surface area contributed by atoms with Gasteiger partial charge in [-0.25, -0.2) is 4.99 Å². The summed E-state index contributed by atoms with van der Waals surface area (Å²) in [5.41, 5.74) is 1.65. The highest BCUT2D eigenvalue weighted by Crippen LogP contribution is 2.25. The van der Waals surface area contributed by atoms with Crippen molar-refractivity contribution in [3.63, 3.8) is 0 Å². The molecule has 0 spiro atoms. The number of hydrogen-bond acceptors (Lipinski definition) is 4. The van der Waals surface area contributed by atoms with Crippen molar-refractivity contribution >= 4 is 41.5 Å². The van der Waals surface area contributed by atoms with Gasteiger partial charge in [-0.2, -0.15) is 0 Å². The fourth-order valence-electron chi connectivity index (χ4n) is 3.07. The minimum absolute atomic E-state index is 0. The van der Waals surface area contributed by atoms with E-state index in [1.807, 2.05) is 25.1 Å². The van der Waals surface area contributed by atoms with Crippen LogP contribution in [0.25, 0.3) is 0 Å². The van der Waals surface area contributed by atoms with Crippen molar-refractivity contribution in [1.29, 1.82) is 0 Å². The van der Waals surface area contributed by atoms with Crippen LogP contribution < -0.4 is 20.7 Å². The number of rotatable bonds is 10. The number of carbonyl (C=O) groups is 1. The molecule has 1 rings (SSSR count). The Labute approximate surface area is 193 Å². The van der Waals surface area contributed by atoms with Gasteiger partial charge < -0.3 is 20.7 Å². The van der Waals surface area contributed by atoms with E-state index in [0.29, 0.717) is 30.1 Å². The molecule has 0 aliphatic carbocycles. The number of nitrogens with one attached hydrogen (secondary N) is 3. The maximum absolute atomic E-state index is 11.4. The third-order valence-electron chi connectivity index (χ3n) is 4.33. The quantitative estimate of drug-likeness (QED) is 0.251. The van der Waals surface area contributed by atoms with E-state index in [2.05, 4.69) is 53.5 Å². The van der Waals surface area contributed by atoms with Crippen molar-refractivity contribution in [3.05, 3.63) is 23.8 Å². The van der Waals surface area contributed by atoms with Gasteiger partial charge in [0.15, 0.2) is 5.96 Å². The molecule has 3 N–H and O–H groups in total. The summed E-state index contributed by atoms with van der Waals surface area (Å²) < 4.78 is 5.30. The summed E-state index contributed by atoms with van der Waals surface area (Å²) in [7, 11) is 1.59. The average Bonchev–Trinajstić information content (AvgIpc) is 2.62. The number of hydrogen-bond donors (Lipinski definition) is 3. The number of guanidine groups is 1. The molecule has 0 bridgehead atoms. The second kappa shape index (κ2) is 14.4. The molecule has 1 aromatic rings. The highest BCUT2D eigenvalue weighted by Gasteiger charge is 2.12. The zero-order chi connectivity index (χ0) is 21.1. The van der Waals surface area contributed by atoms with Gasteiger partial charge in [0.2, 0.25) is 5.91 Å². The summed E-state index contributed by atoms with van der Waals surface area (Å²) in [5.74, 6) is 1.29. The third-order valence-corrected chi connectivity index (χ3v) is 4.33. The first-order valence-electron chi connectivity index (χ1n) is 10.0. The minimum Gasteiger partial charge on any atom is -0.495 e. The van der Waals surface area contributed by atoms with Crippen molar-refractivity contribution in [2.24, 2.45) is 4.99 Å². The van der Waals surface area contributed by atoms with Gasteiger partial charge in [0.05, 0.1) is 19.3 Å². The smallest absolute Gasteiger partial charge is 0.221 e. The number of benzene rings is 1. The number of carbonyl (C=O) groups excluding carboxylic acids is 1. The number of amides is 1. The first-order chi connectivity index (χ1) is 13.3. The Kier molecular flexibility index (Phi) is 13.7. The molecule has 0 saturated carbocycles. The van der Waals surface area contributed by atoms with Crippen LogP contribution in [0.4, 0.5) is 5.69 Å². The molecule has 8 heteroatoms. The Morgan fingerprint density at radius 2 is 1.83 bits per heavy atom. The predicted molar refractivity (Wildman–Crippen MR) is 133 cm³/mol. The molecule has 0 unspecified atom stereocenters. The fourth-order valence-corrected chi connectivity index (χ4v) is 3.07. The number of nitrogens with zero attached hydrogens (tertiary/aromatic N) is 2. The molecule has 0 atom stereocenters. The lowest BCUT2D eigenvalue weighted by Gasteiger charge is -2.30. The maximum atomic E-state index is 11.4. The van der Waals surface area contributed by atoms with Crippen LogP contribution in [-0.2, 0) is 11.3 Å².